The quantitative estimate of drug-likeness (QED) is 0.220. The van der Waals surface area contributed by atoms with Crippen LogP contribution >= 0.6 is 11.3 Å². The molecule has 3 rings (SSSR count). The summed E-state index contributed by atoms with van der Waals surface area (Å²) >= 11 is 0.712. The number of nitrogens with zero attached hydrogens (tertiary/aromatic N) is 3. The number of alkyl halides is 6. The molecular formula is C16H10F6N4O2S. The maximum Gasteiger partial charge on any atom is 0.435 e. The largest absolute Gasteiger partial charge is 0.435 e. The summed E-state index contributed by atoms with van der Waals surface area (Å²) in [7, 11) is 1.30. The number of carbonyl (C=O) groups excluding carboxylic acids is 1. The Balaban J connectivity index is 1.79. The van der Waals surface area contributed by atoms with Crippen LogP contribution in [0.3, 0.4) is 0 Å². The van der Waals surface area contributed by atoms with Crippen molar-refractivity contribution in [3.63, 3.8) is 0 Å². The number of rotatable bonds is 3. The summed E-state index contributed by atoms with van der Waals surface area (Å²) in [4.78, 5) is 16.6. The summed E-state index contributed by atoms with van der Waals surface area (Å²) < 4.78 is 77.6. The fourth-order valence-corrected chi connectivity index (χ4v) is 3.31. The summed E-state index contributed by atoms with van der Waals surface area (Å²) in [6.07, 6.45) is -9.23. The molecule has 0 bridgehead atoms. The van der Waals surface area contributed by atoms with Crippen LogP contribution in [0.15, 0.2) is 35.5 Å². The predicted octanol–water partition coefficient (Wildman–Crippen LogP) is 4.15. The molecule has 0 fully saturated rings. The maximum absolute atomic E-state index is 13.0. The number of aryl methyl sites for hydroxylation is 1. The highest BCUT2D eigenvalue weighted by Gasteiger charge is 2.37. The molecular weight excluding hydrogens is 426 g/mol. The van der Waals surface area contributed by atoms with Crippen molar-refractivity contribution in [3.05, 3.63) is 52.0 Å². The lowest BCUT2D eigenvalue weighted by Crippen LogP contribution is -2.15. The second-order valence-electron chi connectivity index (χ2n) is 5.73. The van der Waals surface area contributed by atoms with Gasteiger partial charge in [-0.25, -0.2) is 4.79 Å². The normalized spacial score (nSPS) is 13.1. The van der Waals surface area contributed by atoms with Crippen molar-refractivity contribution in [2.45, 2.75) is 12.4 Å². The lowest BCUT2D eigenvalue weighted by Gasteiger charge is -2.07. The van der Waals surface area contributed by atoms with Crippen LogP contribution in [0.2, 0.25) is 0 Å². The van der Waals surface area contributed by atoms with Crippen LogP contribution in [0.4, 0.5) is 26.3 Å². The number of benzene rings is 1. The molecule has 0 saturated carbocycles. The Morgan fingerprint density at radius 2 is 1.76 bits per heavy atom. The molecule has 0 aliphatic rings. The molecule has 2 heterocycles. The van der Waals surface area contributed by atoms with Crippen LogP contribution in [0.25, 0.3) is 10.2 Å². The minimum absolute atomic E-state index is 0.0608. The predicted molar refractivity (Wildman–Crippen MR) is 91.2 cm³/mol. The Hall–Kier alpha value is -3.09. The second kappa shape index (κ2) is 7.06. The minimum atomic E-state index is -4.70. The number of fused-ring (bicyclic) bond motifs is 1. The van der Waals surface area contributed by atoms with Gasteiger partial charge in [0, 0.05) is 18.0 Å². The average Bonchev–Trinajstić information content (AvgIpc) is 3.19. The summed E-state index contributed by atoms with van der Waals surface area (Å²) in [5.41, 5.74) is 3.60. The average molecular weight is 436 g/mol. The molecule has 3 aromatic rings. The summed E-state index contributed by atoms with van der Waals surface area (Å²) in [5.74, 6) is -1.46. The van der Waals surface area contributed by atoms with Crippen molar-refractivity contribution < 1.29 is 36.0 Å². The van der Waals surface area contributed by atoms with Crippen LogP contribution in [-0.4, -0.2) is 21.6 Å². The van der Waals surface area contributed by atoms with Gasteiger partial charge in [0.15, 0.2) is 11.5 Å². The number of oxime groups is 1. The minimum Gasteiger partial charge on any atom is -0.380 e. The Bertz CT molecular complexity index is 1100. The second-order valence-corrected chi connectivity index (χ2v) is 6.76. The molecule has 0 spiro atoms. The first-order chi connectivity index (χ1) is 13.4. The van der Waals surface area contributed by atoms with Gasteiger partial charge in [-0.15, -0.1) is 11.3 Å². The molecule has 13 heteroatoms. The van der Waals surface area contributed by atoms with Gasteiger partial charge in [-0.3, -0.25) is 4.68 Å². The number of carbonyl (C=O) groups is 1. The van der Waals surface area contributed by atoms with E-state index in [1.54, 1.807) is 0 Å². The molecule has 154 valence electrons. The molecule has 1 aromatic carbocycles. The molecule has 29 heavy (non-hydrogen) atoms. The Morgan fingerprint density at radius 1 is 1.14 bits per heavy atom. The zero-order valence-corrected chi connectivity index (χ0v) is 15.1. The molecule has 0 aliphatic heterocycles. The van der Waals surface area contributed by atoms with Gasteiger partial charge in [0.25, 0.3) is 0 Å². The van der Waals surface area contributed by atoms with Gasteiger partial charge in [0.05, 0.1) is 5.56 Å². The van der Waals surface area contributed by atoms with E-state index < -0.39 is 29.6 Å². The first-order valence-corrected chi connectivity index (χ1v) is 8.45. The Morgan fingerprint density at radius 3 is 2.31 bits per heavy atom. The van der Waals surface area contributed by atoms with E-state index in [0.717, 1.165) is 35.0 Å². The fourth-order valence-electron chi connectivity index (χ4n) is 2.37. The molecule has 0 saturated heterocycles. The third-order valence-electron chi connectivity index (χ3n) is 3.72. The maximum atomic E-state index is 13.0. The lowest BCUT2D eigenvalue weighted by molar-refractivity contribution is -0.140. The summed E-state index contributed by atoms with van der Waals surface area (Å²) in [6.45, 7) is 0. The number of nitrogens with two attached hydrogens (primary N) is 1. The van der Waals surface area contributed by atoms with E-state index in [0.29, 0.717) is 11.3 Å². The van der Waals surface area contributed by atoms with Crippen LogP contribution in [0.1, 0.15) is 26.5 Å². The van der Waals surface area contributed by atoms with E-state index in [4.69, 9.17) is 5.73 Å². The number of hydrogen-bond donors (Lipinski definition) is 1. The molecule has 0 amide bonds. The molecule has 6 nitrogen and oxygen atoms in total. The van der Waals surface area contributed by atoms with Crippen LogP contribution in [-0.2, 0) is 24.2 Å². The Labute approximate surface area is 162 Å². The number of hydrogen-bond acceptors (Lipinski definition) is 5. The highest BCUT2D eigenvalue weighted by molar-refractivity contribution is 7.20. The van der Waals surface area contributed by atoms with Crippen molar-refractivity contribution in [3.8, 4) is 0 Å². The number of halogens is 6. The van der Waals surface area contributed by atoms with E-state index in [1.807, 2.05) is 0 Å². The SMILES string of the molecule is Cn1nc(C(F)(F)F)c2cc(C(=O)O/N=C(/N)c3ccc(C(F)(F)F)cc3)sc21. The highest BCUT2D eigenvalue weighted by atomic mass is 32.1. The van der Waals surface area contributed by atoms with Crippen molar-refractivity contribution in [2.75, 3.05) is 0 Å². The molecule has 2 N–H and O–H groups in total. The zero-order chi connectivity index (χ0) is 21.6. The van der Waals surface area contributed by atoms with E-state index >= 15 is 0 Å². The first kappa shape index (κ1) is 20.6. The van der Waals surface area contributed by atoms with Gasteiger partial charge >= 0.3 is 18.3 Å². The number of aromatic nitrogens is 2. The molecule has 0 atom stereocenters. The van der Waals surface area contributed by atoms with Crippen molar-refractivity contribution in [1.29, 1.82) is 0 Å². The summed E-state index contributed by atoms with van der Waals surface area (Å²) in [5, 5.41) is 6.45. The van der Waals surface area contributed by atoms with Crippen molar-refractivity contribution in [2.24, 2.45) is 17.9 Å². The lowest BCUT2D eigenvalue weighted by atomic mass is 10.1. The standard InChI is InChI=1S/C16H10F6N4O2S/c1-26-13-9(11(24-26)16(20,21)22)6-10(29-13)14(27)28-25-12(23)7-2-4-8(5-3-7)15(17,18)19/h2-6H,1H3,(H2,23,25). The first-order valence-electron chi connectivity index (χ1n) is 7.64. The molecule has 0 unspecified atom stereocenters. The van der Waals surface area contributed by atoms with Gasteiger partial charge in [0.2, 0.25) is 0 Å². The van der Waals surface area contributed by atoms with E-state index in [1.165, 1.54) is 7.05 Å². The highest BCUT2D eigenvalue weighted by Crippen LogP contribution is 2.37. The van der Waals surface area contributed by atoms with Crippen LogP contribution in [0.5, 0.6) is 0 Å². The topological polar surface area (TPSA) is 82.5 Å². The van der Waals surface area contributed by atoms with Gasteiger partial charge in [-0.1, -0.05) is 17.3 Å². The smallest absolute Gasteiger partial charge is 0.380 e. The zero-order valence-electron chi connectivity index (χ0n) is 14.3. The number of amidine groups is 1. The van der Waals surface area contributed by atoms with Gasteiger partial charge in [-0.2, -0.15) is 31.4 Å². The van der Waals surface area contributed by atoms with Crippen molar-refractivity contribution >= 4 is 33.4 Å². The third-order valence-corrected chi connectivity index (χ3v) is 4.90. The van der Waals surface area contributed by atoms with Gasteiger partial charge < -0.3 is 10.6 Å². The van der Waals surface area contributed by atoms with Crippen molar-refractivity contribution in [1.82, 2.24) is 9.78 Å². The van der Waals surface area contributed by atoms with Crippen LogP contribution < -0.4 is 5.73 Å². The molecule has 2 aromatic heterocycles. The van der Waals surface area contributed by atoms with Crippen LogP contribution in [0, 0.1) is 0 Å². The summed E-state index contributed by atoms with van der Waals surface area (Å²) in [6, 6.07) is 4.60. The molecule has 0 radical (unpaired) electrons. The monoisotopic (exact) mass is 436 g/mol. The fraction of sp³-hybridized carbons (Fsp3) is 0.188. The molecule has 0 aliphatic carbocycles. The van der Waals surface area contributed by atoms with E-state index in [9.17, 15) is 31.1 Å². The van der Waals surface area contributed by atoms with Gasteiger partial charge in [0.1, 0.15) is 9.71 Å². The van der Waals surface area contributed by atoms with E-state index in [-0.39, 0.29) is 26.5 Å². The number of thiophene rings is 1. The third kappa shape index (κ3) is 4.18. The van der Waals surface area contributed by atoms with Gasteiger partial charge in [-0.05, 0) is 18.2 Å². The Kier molecular flexibility index (Phi) is 5.03. The van der Waals surface area contributed by atoms with E-state index in [2.05, 4.69) is 15.1 Å².